The van der Waals surface area contributed by atoms with Gasteiger partial charge in [0, 0.05) is 24.2 Å². The van der Waals surface area contributed by atoms with Crippen molar-refractivity contribution in [3.05, 3.63) is 17.5 Å². The molecule has 0 aromatic carbocycles. The smallest absolute Gasteiger partial charge is 0.306 e. The van der Waals surface area contributed by atoms with E-state index in [1.165, 1.54) is 5.69 Å². The molecular formula is C16H23N3O3. The molecule has 2 N–H and O–H groups in total. The van der Waals surface area contributed by atoms with E-state index in [1.807, 2.05) is 17.9 Å². The second-order valence-electron chi connectivity index (χ2n) is 6.52. The van der Waals surface area contributed by atoms with Gasteiger partial charge in [0.2, 0.25) is 5.91 Å². The molecule has 1 aromatic heterocycles. The number of hydrogen-bond donors (Lipinski definition) is 2. The van der Waals surface area contributed by atoms with Crippen LogP contribution in [0.2, 0.25) is 0 Å². The van der Waals surface area contributed by atoms with Crippen molar-refractivity contribution in [2.45, 2.75) is 51.0 Å². The number of aromatic nitrogens is 2. The van der Waals surface area contributed by atoms with Crippen LogP contribution in [0.25, 0.3) is 0 Å². The van der Waals surface area contributed by atoms with Gasteiger partial charge in [0.05, 0.1) is 18.2 Å². The van der Waals surface area contributed by atoms with E-state index in [0.717, 1.165) is 37.7 Å². The Kier molecular flexibility index (Phi) is 4.18. The fourth-order valence-corrected chi connectivity index (χ4v) is 3.80. The Labute approximate surface area is 129 Å². The van der Waals surface area contributed by atoms with Crippen molar-refractivity contribution in [3.8, 4) is 0 Å². The lowest BCUT2D eigenvalue weighted by molar-refractivity contribution is -0.144. The summed E-state index contributed by atoms with van der Waals surface area (Å²) in [5, 5.41) is 16.6. The molecule has 1 heterocycles. The number of fused-ring (bicyclic) bond motifs is 1. The highest BCUT2D eigenvalue weighted by molar-refractivity contribution is 5.80. The van der Waals surface area contributed by atoms with Crippen LogP contribution in [0.15, 0.2) is 6.20 Å². The van der Waals surface area contributed by atoms with E-state index in [0.29, 0.717) is 12.8 Å². The zero-order valence-corrected chi connectivity index (χ0v) is 12.9. The first-order valence-corrected chi connectivity index (χ1v) is 8.10. The van der Waals surface area contributed by atoms with Gasteiger partial charge < -0.3 is 10.4 Å². The number of carbonyl (C=O) groups is 2. The van der Waals surface area contributed by atoms with Crippen molar-refractivity contribution >= 4 is 11.9 Å². The van der Waals surface area contributed by atoms with E-state index in [9.17, 15) is 9.59 Å². The van der Waals surface area contributed by atoms with E-state index in [-0.39, 0.29) is 23.8 Å². The zero-order chi connectivity index (χ0) is 15.7. The zero-order valence-electron chi connectivity index (χ0n) is 12.9. The lowest BCUT2D eigenvalue weighted by Crippen LogP contribution is -2.38. The van der Waals surface area contributed by atoms with Crippen molar-refractivity contribution in [3.63, 3.8) is 0 Å². The van der Waals surface area contributed by atoms with Crippen LogP contribution in [0, 0.1) is 11.8 Å². The summed E-state index contributed by atoms with van der Waals surface area (Å²) in [4.78, 5) is 23.7. The van der Waals surface area contributed by atoms with Crippen molar-refractivity contribution in [2.75, 3.05) is 0 Å². The lowest BCUT2D eigenvalue weighted by Gasteiger charge is -2.29. The monoisotopic (exact) mass is 305 g/mol. The Morgan fingerprint density at radius 1 is 1.27 bits per heavy atom. The molecular weight excluding hydrogens is 282 g/mol. The number of nitrogens with zero attached hydrogens (tertiary/aromatic N) is 2. The van der Waals surface area contributed by atoms with Crippen LogP contribution in [-0.2, 0) is 23.1 Å². The third kappa shape index (κ3) is 2.87. The Hall–Kier alpha value is -1.85. The van der Waals surface area contributed by atoms with Crippen LogP contribution in [0.3, 0.4) is 0 Å². The third-order valence-corrected chi connectivity index (χ3v) is 5.09. The quantitative estimate of drug-likeness (QED) is 0.892. The topological polar surface area (TPSA) is 84.2 Å². The molecule has 6 heteroatoms. The summed E-state index contributed by atoms with van der Waals surface area (Å²) in [5.41, 5.74) is 2.32. The number of hydrogen-bond acceptors (Lipinski definition) is 3. The molecule has 1 fully saturated rings. The van der Waals surface area contributed by atoms with Crippen molar-refractivity contribution in [1.82, 2.24) is 15.1 Å². The van der Waals surface area contributed by atoms with Gasteiger partial charge in [-0.2, -0.15) is 5.10 Å². The van der Waals surface area contributed by atoms with E-state index in [4.69, 9.17) is 5.11 Å². The number of carboxylic acids is 1. The first-order chi connectivity index (χ1) is 10.6. The van der Waals surface area contributed by atoms with E-state index >= 15 is 0 Å². The highest BCUT2D eigenvalue weighted by Gasteiger charge is 2.33. The highest BCUT2D eigenvalue weighted by atomic mass is 16.4. The van der Waals surface area contributed by atoms with Crippen molar-refractivity contribution in [1.29, 1.82) is 0 Å². The molecule has 22 heavy (non-hydrogen) atoms. The Morgan fingerprint density at radius 2 is 2.05 bits per heavy atom. The number of nitrogens with one attached hydrogen (secondary N) is 1. The van der Waals surface area contributed by atoms with Gasteiger partial charge in [-0.25, -0.2) is 0 Å². The summed E-state index contributed by atoms with van der Waals surface area (Å²) in [6, 6.07) is 0.0233. The van der Waals surface area contributed by atoms with Gasteiger partial charge in [0.1, 0.15) is 0 Å². The minimum atomic E-state index is -0.773. The van der Waals surface area contributed by atoms with Gasteiger partial charge in [-0.3, -0.25) is 14.3 Å². The molecule has 2 aliphatic rings. The highest BCUT2D eigenvalue weighted by Crippen LogP contribution is 2.32. The van der Waals surface area contributed by atoms with Crippen LogP contribution < -0.4 is 5.32 Å². The lowest BCUT2D eigenvalue weighted by atomic mass is 9.80. The number of amides is 1. The maximum Gasteiger partial charge on any atom is 0.306 e. The standard InChI is InChI=1S/C16H23N3O3/c1-19-14-7-3-6-13(12(14)9-17-19)18-15(20)10-4-2-5-11(8-10)16(21)22/h9-11,13H,2-8H2,1H3,(H,18,20)(H,21,22). The largest absolute Gasteiger partial charge is 0.481 e. The Morgan fingerprint density at radius 3 is 2.82 bits per heavy atom. The fourth-order valence-electron chi connectivity index (χ4n) is 3.80. The molecule has 0 spiro atoms. The summed E-state index contributed by atoms with van der Waals surface area (Å²) < 4.78 is 1.88. The number of carbonyl (C=O) groups excluding carboxylic acids is 1. The van der Waals surface area contributed by atoms with Gasteiger partial charge >= 0.3 is 5.97 Å². The SMILES string of the molecule is Cn1ncc2c1CCCC2NC(=O)C1CCCC(C(=O)O)C1. The first kappa shape index (κ1) is 15.1. The summed E-state index contributed by atoms with van der Waals surface area (Å²) in [6.45, 7) is 0. The molecule has 0 saturated heterocycles. The van der Waals surface area contributed by atoms with Gasteiger partial charge in [0.15, 0.2) is 0 Å². The molecule has 1 amide bonds. The maximum absolute atomic E-state index is 12.5. The van der Waals surface area contributed by atoms with Crippen LogP contribution in [0.5, 0.6) is 0 Å². The molecule has 6 nitrogen and oxygen atoms in total. The average molecular weight is 305 g/mol. The first-order valence-electron chi connectivity index (χ1n) is 8.10. The molecule has 3 unspecified atom stereocenters. The summed E-state index contributed by atoms with van der Waals surface area (Å²) in [6.07, 6.45) is 7.59. The van der Waals surface area contributed by atoms with Crippen LogP contribution in [0.4, 0.5) is 0 Å². The number of carboxylic acid groups (broad SMARTS) is 1. The van der Waals surface area contributed by atoms with Gasteiger partial charge in [-0.1, -0.05) is 6.42 Å². The molecule has 0 aliphatic heterocycles. The number of aliphatic carboxylic acids is 1. The molecule has 3 rings (SSSR count). The minimum absolute atomic E-state index is 0.00709. The van der Waals surface area contributed by atoms with Crippen molar-refractivity contribution < 1.29 is 14.7 Å². The minimum Gasteiger partial charge on any atom is -0.481 e. The molecule has 0 radical (unpaired) electrons. The molecule has 0 bridgehead atoms. The summed E-state index contributed by atoms with van der Waals surface area (Å²) in [7, 11) is 1.93. The van der Waals surface area contributed by atoms with Crippen LogP contribution >= 0.6 is 0 Å². The van der Waals surface area contributed by atoms with E-state index < -0.39 is 5.97 Å². The molecule has 1 saturated carbocycles. The van der Waals surface area contributed by atoms with E-state index in [1.54, 1.807) is 0 Å². The predicted molar refractivity (Wildman–Crippen MR) is 80.1 cm³/mol. The normalized spacial score (nSPS) is 28.0. The average Bonchev–Trinajstić information content (AvgIpc) is 2.90. The molecule has 1 aromatic rings. The van der Waals surface area contributed by atoms with Crippen LogP contribution in [0.1, 0.15) is 55.8 Å². The van der Waals surface area contributed by atoms with Crippen molar-refractivity contribution in [2.24, 2.45) is 18.9 Å². The molecule has 120 valence electrons. The fraction of sp³-hybridized carbons (Fsp3) is 0.688. The number of rotatable bonds is 3. The van der Waals surface area contributed by atoms with Gasteiger partial charge in [-0.15, -0.1) is 0 Å². The number of aryl methyl sites for hydroxylation is 1. The van der Waals surface area contributed by atoms with Gasteiger partial charge in [0.25, 0.3) is 0 Å². The molecule has 2 aliphatic carbocycles. The predicted octanol–water partition coefficient (Wildman–Crippen LogP) is 1.80. The second kappa shape index (κ2) is 6.10. The maximum atomic E-state index is 12.5. The Bertz CT molecular complexity index is 581. The van der Waals surface area contributed by atoms with E-state index in [2.05, 4.69) is 10.4 Å². The van der Waals surface area contributed by atoms with Crippen LogP contribution in [-0.4, -0.2) is 26.8 Å². The second-order valence-corrected chi connectivity index (χ2v) is 6.52. The van der Waals surface area contributed by atoms with Gasteiger partial charge in [-0.05, 0) is 38.5 Å². The summed E-state index contributed by atoms with van der Waals surface area (Å²) >= 11 is 0. The third-order valence-electron chi connectivity index (χ3n) is 5.09. The summed E-state index contributed by atoms with van der Waals surface area (Å²) in [5.74, 6) is -1.31. The molecule has 3 atom stereocenters. The Balaban J connectivity index is 1.66.